The molecule has 1 aliphatic carbocycles. The number of hydrogen-bond donors (Lipinski definition) is 0. The predicted molar refractivity (Wildman–Crippen MR) is 102 cm³/mol. The first kappa shape index (κ1) is 15.4. The lowest BCUT2D eigenvalue weighted by atomic mass is 9.83. The Balaban J connectivity index is 1.58. The van der Waals surface area contributed by atoms with Crippen LogP contribution in [0, 0.1) is 6.92 Å². The molecule has 2 aromatic heterocycles. The van der Waals surface area contributed by atoms with Gasteiger partial charge in [0.1, 0.15) is 6.26 Å². The maximum atomic E-state index is 5.82. The van der Waals surface area contributed by atoms with Gasteiger partial charge in [-0.1, -0.05) is 48.9 Å². The van der Waals surface area contributed by atoms with Crippen molar-refractivity contribution in [3.8, 4) is 11.6 Å². The fraction of sp³-hybridized carbons (Fsp3) is 0.273. The second-order valence-corrected chi connectivity index (χ2v) is 7.16. The summed E-state index contributed by atoms with van der Waals surface area (Å²) in [6.07, 6.45) is 5.54. The number of hydrogen-bond acceptors (Lipinski definition) is 3. The molecule has 4 nitrogen and oxygen atoms in total. The van der Waals surface area contributed by atoms with Crippen LogP contribution in [0.1, 0.15) is 42.0 Å². The summed E-state index contributed by atoms with van der Waals surface area (Å²) in [6.45, 7) is 2.88. The molecule has 130 valence electrons. The van der Waals surface area contributed by atoms with Gasteiger partial charge in [-0.25, -0.2) is 4.98 Å². The average Bonchev–Trinajstić information content (AvgIpc) is 3.21. The summed E-state index contributed by atoms with van der Waals surface area (Å²) in [5.74, 6) is 1.19. The molecular weight excluding hydrogens is 322 g/mol. The summed E-state index contributed by atoms with van der Waals surface area (Å²) in [5, 5.41) is 5.96. The minimum Gasteiger partial charge on any atom is -0.443 e. The molecule has 0 atom stereocenters. The van der Waals surface area contributed by atoms with Crippen LogP contribution in [0.4, 0.5) is 0 Å². The molecular formula is C22H21N3O. The van der Waals surface area contributed by atoms with Gasteiger partial charge in [0.2, 0.25) is 5.89 Å². The van der Waals surface area contributed by atoms with E-state index in [9.17, 15) is 0 Å². The van der Waals surface area contributed by atoms with E-state index in [2.05, 4.69) is 54.1 Å². The standard InChI is InChI=1S/C22H21N3O/c1-15-7-2-3-8-17(15)13-25-20-12-5-4-11-18(20)21(24-25)22-23-19(14-26-22)16-9-6-10-16/h2-5,7-8,11-12,14,16H,6,9-10,13H2,1H3. The van der Waals surface area contributed by atoms with E-state index in [0.717, 1.165) is 28.8 Å². The van der Waals surface area contributed by atoms with E-state index in [4.69, 9.17) is 14.5 Å². The van der Waals surface area contributed by atoms with E-state index in [1.165, 1.54) is 30.4 Å². The van der Waals surface area contributed by atoms with Gasteiger partial charge >= 0.3 is 0 Å². The first-order valence-electron chi connectivity index (χ1n) is 9.25. The molecule has 1 saturated carbocycles. The number of oxazole rings is 1. The lowest BCUT2D eigenvalue weighted by molar-refractivity contribution is 0.409. The third kappa shape index (κ3) is 2.53. The molecule has 4 heteroatoms. The van der Waals surface area contributed by atoms with E-state index >= 15 is 0 Å². The number of aryl methyl sites for hydroxylation is 1. The predicted octanol–water partition coefficient (Wildman–Crippen LogP) is 5.32. The zero-order valence-corrected chi connectivity index (χ0v) is 14.9. The molecule has 0 bridgehead atoms. The van der Waals surface area contributed by atoms with Gasteiger partial charge in [0.25, 0.3) is 0 Å². The first-order valence-corrected chi connectivity index (χ1v) is 9.25. The number of nitrogens with zero attached hydrogens (tertiary/aromatic N) is 3. The zero-order chi connectivity index (χ0) is 17.5. The van der Waals surface area contributed by atoms with E-state index in [1.807, 2.05) is 12.3 Å². The molecule has 4 aromatic rings. The number of rotatable bonds is 4. The maximum Gasteiger partial charge on any atom is 0.247 e. The fourth-order valence-corrected chi connectivity index (χ4v) is 3.64. The summed E-state index contributed by atoms with van der Waals surface area (Å²) in [6, 6.07) is 16.7. The SMILES string of the molecule is Cc1ccccc1Cn1nc(-c2nc(C3CCC3)co2)c2ccccc21. The van der Waals surface area contributed by atoms with Crippen molar-refractivity contribution in [2.75, 3.05) is 0 Å². The third-order valence-electron chi connectivity index (χ3n) is 5.49. The third-order valence-corrected chi connectivity index (χ3v) is 5.49. The Kier molecular flexibility index (Phi) is 3.63. The van der Waals surface area contributed by atoms with Gasteiger partial charge in [0, 0.05) is 11.3 Å². The number of fused-ring (bicyclic) bond motifs is 1. The van der Waals surface area contributed by atoms with Gasteiger partial charge in [-0.3, -0.25) is 4.68 Å². The molecule has 26 heavy (non-hydrogen) atoms. The number of para-hydroxylation sites is 1. The van der Waals surface area contributed by atoms with Crippen LogP contribution in [0.25, 0.3) is 22.5 Å². The summed E-state index contributed by atoms with van der Waals surface area (Å²) in [5.41, 5.74) is 5.56. The fourth-order valence-electron chi connectivity index (χ4n) is 3.64. The molecule has 5 rings (SSSR count). The lowest BCUT2D eigenvalue weighted by Crippen LogP contribution is -2.08. The largest absolute Gasteiger partial charge is 0.443 e. The summed E-state index contributed by atoms with van der Waals surface area (Å²) >= 11 is 0. The number of aromatic nitrogens is 3. The summed E-state index contributed by atoms with van der Waals surface area (Å²) in [4.78, 5) is 4.75. The van der Waals surface area contributed by atoms with Gasteiger partial charge < -0.3 is 4.42 Å². The molecule has 0 spiro atoms. The van der Waals surface area contributed by atoms with E-state index < -0.39 is 0 Å². The Labute approximate surface area is 152 Å². The minimum atomic E-state index is 0.563. The van der Waals surface area contributed by atoms with Crippen molar-refractivity contribution >= 4 is 10.9 Å². The van der Waals surface area contributed by atoms with Crippen molar-refractivity contribution < 1.29 is 4.42 Å². The van der Waals surface area contributed by atoms with Gasteiger partial charge in [0.05, 0.1) is 17.8 Å². The van der Waals surface area contributed by atoms with Gasteiger partial charge in [-0.05, 0) is 37.0 Å². The van der Waals surface area contributed by atoms with Crippen LogP contribution in [0.3, 0.4) is 0 Å². The van der Waals surface area contributed by atoms with Crippen LogP contribution < -0.4 is 0 Å². The Hall–Kier alpha value is -2.88. The maximum absolute atomic E-state index is 5.82. The van der Waals surface area contributed by atoms with Crippen LogP contribution in [0.2, 0.25) is 0 Å². The van der Waals surface area contributed by atoms with Crippen molar-refractivity contribution in [3.05, 3.63) is 71.6 Å². The lowest BCUT2D eigenvalue weighted by Gasteiger charge is -2.22. The van der Waals surface area contributed by atoms with E-state index in [1.54, 1.807) is 0 Å². The highest BCUT2D eigenvalue weighted by atomic mass is 16.3. The van der Waals surface area contributed by atoms with Crippen molar-refractivity contribution in [2.45, 2.75) is 38.6 Å². The van der Waals surface area contributed by atoms with Crippen molar-refractivity contribution in [1.82, 2.24) is 14.8 Å². The van der Waals surface area contributed by atoms with Crippen LogP contribution in [0.15, 0.2) is 59.2 Å². The topological polar surface area (TPSA) is 43.9 Å². The molecule has 2 aromatic carbocycles. The minimum absolute atomic E-state index is 0.563. The quantitative estimate of drug-likeness (QED) is 0.504. The molecule has 0 radical (unpaired) electrons. The highest BCUT2D eigenvalue weighted by Crippen LogP contribution is 2.37. The van der Waals surface area contributed by atoms with Crippen molar-refractivity contribution in [1.29, 1.82) is 0 Å². The molecule has 0 aliphatic heterocycles. The molecule has 0 amide bonds. The zero-order valence-electron chi connectivity index (χ0n) is 14.9. The van der Waals surface area contributed by atoms with Crippen molar-refractivity contribution in [3.63, 3.8) is 0 Å². The molecule has 2 heterocycles. The van der Waals surface area contributed by atoms with Crippen LogP contribution in [-0.2, 0) is 6.54 Å². The van der Waals surface area contributed by atoms with Gasteiger partial charge in [-0.2, -0.15) is 5.10 Å². The Morgan fingerprint density at radius 1 is 1.08 bits per heavy atom. The van der Waals surface area contributed by atoms with E-state index in [0.29, 0.717) is 11.8 Å². The molecule has 0 saturated heterocycles. The highest BCUT2D eigenvalue weighted by molar-refractivity contribution is 5.91. The van der Waals surface area contributed by atoms with Gasteiger partial charge in [0.15, 0.2) is 5.69 Å². The van der Waals surface area contributed by atoms with E-state index in [-0.39, 0.29) is 0 Å². The molecule has 0 unspecified atom stereocenters. The van der Waals surface area contributed by atoms with Crippen LogP contribution >= 0.6 is 0 Å². The Morgan fingerprint density at radius 2 is 1.88 bits per heavy atom. The average molecular weight is 343 g/mol. The van der Waals surface area contributed by atoms with Crippen LogP contribution in [-0.4, -0.2) is 14.8 Å². The normalized spacial score (nSPS) is 14.7. The second-order valence-electron chi connectivity index (χ2n) is 7.16. The highest BCUT2D eigenvalue weighted by Gasteiger charge is 2.24. The Bertz CT molecular complexity index is 1070. The monoisotopic (exact) mass is 343 g/mol. The van der Waals surface area contributed by atoms with Crippen molar-refractivity contribution in [2.24, 2.45) is 0 Å². The summed E-state index contributed by atoms with van der Waals surface area (Å²) < 4.78 is 7.87. The Morgan fingerprint density at radius 3 is 2.69 bits per heavy atom. The summed E-state index contributed by atoms with van der Waals surface area (Å²) in [7, 11) is 0. The molecule has 1 aliphatic rings. The van der Waals surface area contributed by atoms with Crippen LogP contribution in [0.5, 0.6) is 0 Å². The van der Waals surface area contributed by atoms with Gasteiger partial charge in [-0.15, -0.1) is 0 Å². The second kappa shape index (κ2) is 6.13. The smallest absolute Gasteiger partial charge is 0.247 e. The molecule has 1 fully saturated rings. The number of benzene rings is 2. The first-order chi connectivity index (χ1) is 12.8. The molecule has 0 N–H and O–H groups in total.